The van der Waals surface area contributed by atoms with Crippen molar-refractivity contribution in [3.63, 3.8) is 0 Å². The Morgan fingerprint density at radius 2 is 1.96 bits per heavy atom. The molecule has 0 aliphatic heterocycles. The molecule has 0 aliphatic carbocycles. The number of ether oxygens (including phenoxy) is 1. The molecular weight excluding hydrogens is 342 g/mol. The summed E-state index contributed by atoms with van der Waals surface area (Å²) in [6.07, 6.45) is 1.46. The maximum Gasteiger partial charge on any atom is 0.259 e. The molecule has 2 N–H and O–H groups in total. The third-order valence-corrected chi connectivity index (χ3v) is 3.29. The summed E-state index contributed by atoms with van der Waals surface area (Å²) >= 11 is 5.85. The van der Waals surface area contributed by atoms with E-state index in [9.17, 15) is 9.59 Å². The van der Waals surface area contributed by atoms with Crippen LogP contribution in [-0.4, -0.2) is 31.2 Å². The maximum absolute atomic E-state index is 11.7. The van der Waals surface area contributed by atoms with Crippen LogP contribution in [0, 0.1) is 6.92 Å². The van der Waals surface area contributed by atoms with Crippen molar-refractivity contribution in [3.8, 4) is 5.75 Å². The summed E-state index contributed by atoms with van der Waals surface area (Å²) in [5, 5.41) is 6.83. The number of carbonyl (C=O) groups is 2. The summed E-state index contributed by atoms with van der Waals surface area (Å²) in [6.45, 7) is 1.58. The number of hydrazone groups is 1. The quantitative estimate of drug-likeness (QED) is 0.588. The van der Waals surface area contributed by atoms with Gasteiger partial charge in [-0.25, -0.2) is 5.43 Å². The molecule has 2 amide bonds. The number of hydrogen-bond acceptors (Lipinski definition) is 4. The second-order valence-corrected chi connectivity index (χ2v) is 5.67. The van der Waals surface area contributed by atoms with Crippen LogP contribution in [0.1, 0.15) is 11.1 Å². The van der Waals surface area contributed by atoms with Crippen LogP contribution in [0.3, 0.4) is 0 Å². The summed E-state index contributed by atoms with van der Waals surface area (Å²) in [6, 6.07) is 14.4. The van der Waals surface area contributed by atoms with Crippen molar-refractivity contribution in [3.05, 3.63) is 64.7 Å². The molecule has 7 heteroatoms. The van der Waals surface area contributed by atoms with Crippen LogP contribution in [0.2, 0.25) is 5.02 Å². The lowest BCUT2D eigenvalue weighted by molar-refractivity contribution is -0.127. The molecule has 0 unspecified atom stereocenters. The Bertz CT molecular complexity index is 778. The average Bonchev–Trinajstić information content (AvgIpc) is 2.58. The molecule has 0 saturated carbocycles. The fraction of sp³-hybridized carbons (Fsp3) is 0.167. The summed E-state index contributed by atoms with van der Waals surface area (Å²) < 4.78 is 5.35. The standard InChI is InChI=1S/C18H18ClN3O3/c1-13-4-2-7-16(8-13)25-12-18(24)20-11-17(23)22-21-10-14-5-3-6-15(19)9-14/h2-10H,11-12H2,1H3,(H,20,24)(H,22,23). The van der Waals surface area contributed by atoms with Crippen molar-refractivity contribution >= 4 is 29.6 Å². The van der Waals surface area contributed by atoms with Crippen molar-refractivity contribution in [2.75, 3.05) is 13.2 Å². The maximum atomic E-state index is 11.7. The van der Waals surface area contributed by atoms with Gasteiger partial charge < -0.3 is 10.1 Å². The molecule has 130 valence electrons. The predicted molar refractivity (Wildman–Crippen MR) is 96.9 cm³/mol. The lowest BCUT2D eigenvalue weighted by atomic mass is 10.2. The second-order valence-electron chi connectivity index (χ2n) is 5.23. The molecule has 0 spiro atoms. The smallest absolute Gasteiger partial charge is 0.259 e. The fourth-order valence-corrected chi connectivity index (χ4v) is 2.09. The molecule has 2 aromatic carbocycles. The van der Waals surface area contributed by atoms with E-state index in [0.29, 0.717) is 10.8 Å². The molecule has 0 heterocycles. The minimum Gasteiger partial charge on any atom is -0.484 e. The van der Waals surface area contributed by atoms with E-state index in [1.165, 1.54) is 6.21 Å². The van der Waals surface area contributed by atoms with E-state index in [-0.39, 0.29) is 13.2 Å². The molecule has 0 atom stereocenters. The summed E-state index contributed by atoms with van der Waals surface area (Å²) in [4.78, 5) is 23.3. The lowest BCUT2D eigenvalue weighted by Gasteiger charge is -2.07. The normalized spacial score (nSPS) is 10.5. The van der Waals surface area contributed by atoms with Gasteiger partial charge in [0.25, 0.3) is 11.8 Å². The van der Waals surface area contributed by atoms with E-state index in [0.717, 1.165) is 11.1 Å². The van der Waals surface area contributed by atoms with E-state index in [4.69, 9.17) is 16.3 Å². The van der Waals surface area contributed by atoms with Gasteiger partial charge in [0.1, 0.15) is 5.75 Å². The molecule has 25 heavy (non-hydrogen) atoms. The Labute approximate surface area is 150 Å². The summed E-state index contributed by atoms with van der Waals surface area (Å²) in [5.41, 5.74) is 4.11. The molecular formula is C18H18ClN3O3. The van der Waals surface area contributed by atoms with Crippen LogP contribution >= 0.6 is 11.6 Å². The number of nitrogens with one attached hydrogen (secondary N) is 2. The molecule has 6 nitrogen and oxygen atoms in total. The van der Waals surface area contributed by atoms with Crippen molar-refractivity contribution in [2.45, 2.75) is 6.92 Å². The van der Waals surface area contributed by atoms with Crippen LogP contribution in [0.25, 0.3) is 0 Å². The van der Waals surface area contributed by atoms with Gasteiger partial charge in [0.05, 0.1) is 12.8 Å². The minimum atomic E-state index is -0.442. The van der Waals surface area contributed by atoms with Crippen LogP contribution in [0.4, 0.5) is 0 Å². The number of nitrogens with zero attached hydrogens (tertiary/aromatic N) is 1. The first-order valence-corrected chi connectivity index (χ1v) is 7.94. The van der Waals surface area contributed by atoms with Gasteiger partial charge in [0.15, 0.2) is 6.61 Å². The third-order valence-electron chi connectivity index (χ3n) is 3.06. The van der Waals surface area contributed by atoms with Crippen LogP contribution in [0.5, 0.6) is 5.75 Å². The number of halogens is 1. The number of amides is 2. The zero-order chi connectivity index (χ0) is 18.1. The van der Waals surface area contributed by atoms with Crippen molar-refractivity contribution in [1.82, 2.24) is 10.7 Å². The van der Waals surface area contributed by atoms with Gasteiger partial charge in [-0.2, -0.15) is 5.10 Å². The third kappa shape index (κ3) is 7.05. The highest BCUT2D eigenvalue weighted by Gasteiger charge is 2.06. The monoisotopic (exact) mass is 359 g/mol. The highest BCUT2D eigenvalue weighted by Crippen LogP contribution is 2.11. The first kappa shape index (κ1) is 18.5. The van der Waals surface area contributed by atoms with Crippen molar-refractivity contribution in [1.29, 1.82) is 0 Å². The number of carbonyl (C=O) groups excluding carboxylic acids is 2. The van der Waals surface area contributed by atoms with Crippen molar-refractivity contribution < 1.29 is 14.3 Å². The number of benzene rings is 2. The second kappa shape index (κ2) is 9.44. The van der Waals surface area contributed by atoms with E-state index in [2.05, 4.69) is 15.8 Å². The molecule has 0 bridgehead atoms. The zero-order valence-electron chi connectivity index (χ0n) is 13.7. The summed E-state index contributed by atoms with van der Waals surface area (Å²) in [5.74, 6) is -0.233. The van der Waals surface area contributed by atoms with Gasteiger partial charge in [-0.1, -0.05) is 35.9 Å². The number of aryl methyl sites for hydroxylation is 1. The topological polar surface area (TPSA) is 79.8 Å². The number of hydrogen-bond donors (Lipinski definition) is 2. The fourth-order valence-electron chi connectivity index (χ4n) is 1.89. The molecule has 0 saturated heterocycles. The lowest BCUT2D eigenvalue weighted by Crippen LogP contribution is -2.37. The van der Waals surface area contributed by atoms with Crippen LogP contribution in [0.15, 0.2) is 53.6 Å². The van der Waals surface area contributed by atoms with Gasteiger partial charge in [-0.15, -0.1) is 0 Å². The van der Waals surface area contributed by atoms with Gasteiger partial charge in [-0.05, 0) is 42.3 Å². The minimum absolute atomic E-state index is 0.164. The van der Waals surface area contributed by atoms with E-state index < -0.39 is 11.8 Å². The predicted octanol–water partition coefficient (Wildman–Crippen LogP) is 2.29. The average molecular weight is 360 g/mol. The highest BCUT2D eigenvalue weighted by molar-refractivity contribution is 6.30. The van der Waals surface area contributed by atoms with Gasteiger partial charge in [-0.3, -0.25) is 9.59 Å². The Hall–Kier alpha value is -2.86. The summed E-state index contributed by atoms with van der Waals surface area (Å²) in [7, 11) is 0. The van der Waals surface area contributed by atoms with E-state index in [1.54, 1.807) is 30.3 Å². The highest BCUT2D eigenvalue weighted by atomic mass is 35.5. The largest absolute Gasteiger partial charge is 0.484 e. The molecule has 0 aromatic heterocycles. The first-order valence-electron chi connectivity index (χ1n) is 7.56. The van der Waals surface area contributed by atoms with Crippen LogP contribution in [-0.2, 0) is 9.59 Å². The molecule has 0 fully saturated rings. The number of rotatable bonds is 7. The zero-order valence-corrected chi connectivity index (χ0v) is 14.4. The Balaban J connectivity index is 1.68. The Morgan fingerprint density at radius 1 is 1.16 bits per heavy atom. The molecule has 2 aromatic rings. The molecule has 0 radical (unpaired) electrons. The van der Waals surface area contributed by atoms with Crippen molar-refractivity contribution in [2.24, 2.45) is 5.10 Å². The van der Waals surface area contributed by atoms with Gasteiger partial charge in [0, 0.05) is 5.02 Å². The SMILES string of the molecule is Cc1cccc(OCC(=O)NCC(=O)NN=Cc2cccc(Cl)c2)c1. The van der Waals surface area contributed by atoms with Crippen LogP contribution < -0.4 is 15.5 Å². The first-order chi connectivity index (χ1) is 12.0. The van der Waals surface area contributed by atoms with E-state index >= 15 is 0 Å². The molecule has 2 rings (SSSR count). The van der Waals surface area contributed by atoms with Gasteiger partial charge >= 0.3 is 0 Å². The Kier molecular flexibility index (Phi) is 6.98. The molecule has 0 aliphatic rings. The van der Waals surface area contributed by atoms with E-state index in [1.807, 2.05) is 25.1 Å². The van der Waals surface area contributed by atoms with Gasteiger partial charge in [0.2, 0.25) is 0 Å². The Morgan fingerprint density at radius 3 is 2.72 bits per heavy atom.